The number of fused-ring (bicyclic) bond motifs is 1. The highest BCUT2D eigenvalue weighted by molar-refractivity contribution is 8.02. The van der Waals surface area contributed by atoms with Gasteiger partial charge in [0.2, 0.25) is 16.9 Å². The summed E-state index contributed by atoms with van der Waals surface area (Å²) in [6, 6.07) is 5.39. The van der Waals surface area contributed by atoms with Crippen molar-refractivity contribution in [2.24, 2.45) is 0 Å². The summed E-state index contributed by atoms with van der Waals surface area (Å²) < 4.78 is 0.641. The van der Waals surface area contributed by atoms with Crippen molar-refractivity contribution in [3.05, 3.63) is 28.7 Å². The number of benzene rings is 1. The number of rotatable bonds is 7. The zero-order chi connectivity index (χ0) is 20.5. The van der Waals surface area contributed by atoms with Crippen LogP contribution in [0.5, 0.6) is 0 Å². The number of aromatic amines is 2. The molecule has 0 saturated heterocycles. The third-order valence-electron chi connectivity index (χ3n) is 4.52. The molecule has 0 spiro atoms. The Morgan fingerprint density at radius 2 is 2.07 bits per heavy atom. The van der Waals surface area contributed by atoms with Crippen LogP contribution in [0.4, 0.5) is 10.8 Å². The predicted molar refractivity (Wildman–Crippen MR) is 114 cm³/mol. The van der Waals surface area contributed by atoms with Gasteiger partial charge in [0.05, 0.1) is 16.3 Å². The molecule has 9 nitrogen and oxygen atoms in total. The molecule has 1 saturated carbocycles. The number of anilines is 2. The predicted octanol–water partition coefficient (Wildman–Crippen LogP) is 2.73. The van der Waals surface area contributed by atoms with Crippen molar-refractivity contribution >= 4 is 56.8 Å². The number of hydrogen-bond donors (Lipinski definition) is 3. The number of thioether (sulfide) groups is 1. The van der Waals surface area contributed by atoms with Crippen molar-refractivity contribution in [1.29, 1.82) is 0 Å². The fraction of sp³-hybridized carbons (Fsp3) is 0.389. The quantitative estimate of drug-likeness (QED) is 0.390. The molecule has 1 atom stereocenters. The van der Waals surface area contributed by atoms with Gasteiger partial charge in [-0.1, -0.05) is 30.0 Å². The molecule has 0 bridgehead atoms. The number of imidazole rings is 1. The maximum absolute atomic E-state index is 12.6. The van der Waals surface area contributed by atoms with Crippen LogP contribution in [0.3, 0.4) is 0 Å². The van der Waals surface area contributed by atoms with E-state index in [1.165, 1.54) is 23.1 Å². The van der Waals surface area contributed by atoms with Crippen LogP contribution < -0.4 is 15.9 Å². The molecule has 2 amide bonds. The van der Waals surface area contributed by atoms with E-state index in [1.54, 1.807) is 30.0 Å². The first-order valence-corrected chi connectivity index (χ1v) is 11.0. The highest BCUT2D eigenvalue weighted by atomic mass is 32.2. The number of aromatic nitrogens is 4. The van der Waals surface area contributed by atoms with Crippen molar-refractivity contribution in [1.82, 2.24) is 20.2 Å². The lowest BCUT2D eigenvalue weighted by Crippen LogP contribution is -2.32. The Bertz CT molecular complexity index is 1120. The molecule has 3 N–H and O–H groups in total. The van der Waals surface area contributed by atoms with Gasteiger partial charge in [-0.05, 0) is 38.0 Å². The summed E-state index contributed by atoms with van der Waals surface area (Å²) in [7, 11) is 0. The summed E-state index contributed by atoms with van der Waals surface area (Å²) >= 11 is 2.63. The molecule has 11 heteroatoms. The molecular weight excluding hydrogens is 412 g/mol. The van der Waals surface area contributed by atoms with Gasteiger partial charge in [0.1, 0.15) is 0 Å². The number of nitrogens with one attached hydrogen (secondary N) is 3. The average molecular weight is 433 g/mol. The summed E-state index contributed by atoms with van der Waals surface area (Å²) in [6.45, 7) is 3.62. The van der Waals surface area contributed by atoms with Gasteiger partial charge in [0.15, 0.2) is 4.34 Å². The van der Waals surface area contributed by atoms with Crippen molar-refractivity contribution < 1.29 is 9.59 Å². The van der Waals surface area contributed by atoms with Crippen molar-refractivity contribution in [2.45, 2.75) is 48.7 Å². The second kappa shape index (κ2) is 7.99. The number of nitrogens with zero attached hydrogens (tertiary/aromatic N) is 3. The molecular formula is C18H20N6O3S2. The third-order valence-corrected chi connectivity index (χ3v) is 6.62. The van der Waals surface area contributed by atoms with Crippen molar-refractivity contribution in [3.63, 3.8) is 0 Å². The molecule has 152 valence electrons. The fourth-order valence-electron chi connectivity index (χ4n) is 2.88. The third kappa shape index (κ3) is 4.35. The Kier molecular flexibility index (Phi) is 5.41. The minimum Gasteiger partial charge on any atom is -0.325 e. The average Bonchev–Trinajstić information content (AvgIpc) is 3.30. The molecule has 0 radical (unpaired) electrons. The standard InChI is InChI=1S/C18H20N6O3S2/c1-3-14(25)24(11-5-6-11)17-22-23-18(29-17)28-9(2)15(26)19-10-4-7-12-13(8-10)21-16(27)20-12/h4,7-9,11H,3,5-6H2,1-2H3,(H,19,26)(H2,20,21,27)/t9-/m0/s1. The zero-order valence-electron chi connectivity index (χ0n) is 15.9. The summed E-state index contributed by atoms with van der Waals surface area (Å²) in [5, 5.41) is 11.3. The Labute approximate surface area is 174 Å². The number of carbonyl (C=O) groups is 2. The maximum Gasteiger partial charge on any atom is 0.323 e. The molecule has 1 fully saturated rings. The summed E-state index contributed by atoms with van der Waals surface area (Å²) in [5.74, 6) is -0.142. The van der Waals surface area contributed by atoms with E-state index in [0.29, 0.717) is 32.6 Å². The van der Waals surface area contributed by atoms with Gasteiger partial charge < -0.3 is 15.3 Å². The molecule has 1 aliphatic carbocycles. The van der Waals surface area contributed by atoms with Gasteiger partial charge in [-0.3, -0.25) is 14.5 Å². The van der Waals surface area contributed by atoms with Crippen LogP contribution in [-0.2, 0) is 9.59 Å². The summed E-state index contributed by atoms with van der Waals surface area (Å²) in [5.41, 5.74) is 1.61. The monoisotopic (exact) mass is 432 g/mol. The lowest BCUT2D eigenvalue weighted by molar-refractivity contribution is -0.118. The van der Waals surface area contributed by atoms with Gasteiger partial charge in [0, 0.05) is 18.2 Å². The molecule has 29 heavy (non-hydrogen) atoms. The van der Waals surface area contributed by atoms with Crippen LogP contribution >= 0.6 is 23.1 Å². The minimum absolute atomic E-state index is 0.0455. The fourth-order valence-corrected chi connectivity index (χ4v) is 4.95. The summed E-state index contributed by atoms with van der Waals surface area (Å²) in [4.78, 5) is 43.2. The SMILES string of the molecule is CCC(=O)N(c1nnc(S[C@@H](C)C(=O)Nc2ccc3[nH]c(=O)[nH]c3c2)s1)C1CC1. The van der Waals surface area contributed by atoms with Crippen LogP contribution in [0.25, 0.3) is 11.0 Å². The van der Waals surface area contributed by atoms with Crippen LogP contribution in [0.1, 0.15) is 33.1 Å². The van der Waals surface area contributed by atoms with Crippen LogP contribution in [0.2, 0.25) is 0 Å². The number of carbonyl (C=O) groups excluding carboxylic acids is 2. The van der Waals surface area contributed by atoms with Gasteiger partial charge >= 0.3 is 5.69 Å². The molecule has 0 unspecified atom stereocenters. The van der Waals surface area contributed by atoms with Crippen molar-refractivity contribution in [2.75, 3.05) is 10.2 Å². The lowest BCUT2D eigenvalue weighted by atomic mass is 10.2. The van der Waals surface area contributed by atoms with Crippen LogP contribution in [0.15, 0.2) is 27.3 Å². The highest BCUT2D eigenvalue weighted by Gasteiger charge is 2.35. The van der Waals surface area contributed by atoms with Gasteiger partial charge in [-0.25, -0.2) is 4.79 Å². The van der Waals surface area contributed by atoms with E-state index >= 15 is 0 Å². The smallest absolute Gasteiger partial charge is 0.323 e. The minimum atomic E-state index is -0.409. The van der Waals surface area contributed by atoms with E-state index in [9.17, 15) is 14.4 Å². The molecule has 0 aliphatic heterocycles. The second-order valence-electron chi connectivity index (χ2n) is 6.79. The second-order valence-corrected chi connectivity index (χ2v) is 9.33. The maximum atomic E-state index is 12.6. The lowest BCUT2D eigenvalue weighted by Gasteiger charge is -2.17. The molecule has 2 heterocycles. The van der Waals surface area contributed by atoms with Gasteiger partial charge in [0.25, 0.3) is 0 Å². The van der Waals surface area contributed by atoms with Gasteiger partial charge in [-0.2, -0.15) is 0 Å². The summed E-state index contributed by atoms with van der Waals surface area (Å²) in [6.07, 6.45) is 2.40. The Morgan fingerprint density at radius 1 is 1.31 bits per heavy atom. The normalized spacial score (nSPS) is 14.7. The van der Waals surface area contributed by atoms with E-state index < -0.39 is 5.25 Å². The molecule has 1 aliphatic rings. The number of amides is 2. The molecule has 1 aromatic carbocycles. The first kappa shape index (κ1) is 19.6. The van der Waals surface area contributed by atoms with E-state index in [0.717, 1.165) is 12.8 Å². The van der Waals surface area contributed by atoms with E-state index in [-0.39, 0.29) is 23.5 Å². The van der Waals surface area contributed by atoms with Crippen LogP contribution in [-0.4, -0.2) is 43.3 Å². The number of H-pyrrole nitrogens is 2. The molecule has 2 aromatic heterocycles. The van der Waals surface area contributed by atoms with E-state index in [2.05, 4.69) is 25.5 Å². The highest BCUT2D eigenvalue weighted by Crippen LogP contribution is 2.37. The molecule has 3 aromatic rings. The van der Waals surface area contributed by atoms with Gasteiger partial charge in [-0.15, -0.1) is 10.2 Å². The Balaban J connectivity index is 1.41. The van der Waals surface area contributed by atoms with Crippen molar-refractivity contribution in [3.8, 4) is 0 Å². The van der Waals surface area contributed by atoms with E-state index in [1.807, 2.05) is 6.92 Å². The number of hydrogen-bond acceptors (Lipinski definition) is 7. The largest absolute Gasteiger partial charge is 0.325 e. The Morgan fingerprint density at radius 3 is 2.79 bits per heavy atom. The molecule has 4 rings (SSSR count). The first-order chi connectivity index (χ1) is 13.9. The Hall–Kier alpha value is -2.66. The van der Waals surface area contributed by atoms with Crippen LogP contribution in [0, 0.1) is 0 Å². The first-order valence-electron chi connectivity index (χ1n) is 9.29. The topological polar surface area (TPSA) is 124 Å². The van der Waals surface area contributed by atoms with E-state index in [4.69, 9.17) is 0 Å². The zero-order valence-corrected chi connectivity index (χ0v) is 17.5.